The molecule has 19 heavy (non-hydrogen) atoms. The third kappa shape index (κ3) is 5.76. The molecule has 0 saturated carbocycles. The molecule has 0 aliphatic carbocycles. The smallest absolute Gasteiger partial charge is 0.170 e. The third-order valence-electron chi connectivity index (χ3n) is 3.04. The molecular formula is C14H22ClN3S. The Hall–Kier alpha value is -0.840. The van der Waals surface area contributed by atoms with Crippen LogP contribution in [0.3, 0.4) is 0 Å². The first kappa shape index (κ1) is 16.2. The summed E-state index contributed by atoms with van der Waals surface area (Å²) in [5, 5.41) is 7.71. The fourth-order valence-corrected chi connectivity index (χ4v) is 2.11. The summed E-state index contributed by atoms with van der Waals surface area (Å²) in [6, 6.07) is 5.83. The lowest BCUT2D eigenvalue weighted by Crippen LogP contribution is -2.36. The molecular weight excluding hydrogens is 278 g/mol. The summed E-state index contributed by atoms with van der Waals surface area (Å²) < 4.78 is 0. The van der Waals surface area contributed by atoms with Gasteiger partial charge in [0.2, 0.25) is 0 Å². The van der Waals surface area contributed by atoms with Gasteiger partial charge in [-0.25, -0.2) is 0 Å². The van der Waals surface area contributed by atoms with E-state index >= 15 is 0 Å². The van der Waals surface area contributed by atoms with Crippen molar-refractivity contribution in [2.45, 2.75) is 20.8 Å². The maximum Gasteiger partial charge on any atom is 0.170 e. The predicted octanol–water partition coefficient (Wildman–Crippen LogP) is 3.28. The second kappa shape index (κ2) is 8.35. The van der Waals surface area contributed by atoms with Crippen LogP contribution in [-0.4, -0.2) is 36.2 Å². The summed E-state index contributed by atoms with van der Waals surface area (Å²) in [7, 11) is 0. The molecule has 0 fully saturated rings. The van der Waals surface area contributed by atoms with Crippen LogP contribution in [0.2, 0.25) is 5.02 Å². The van der Waals surface area contributed by atoms with Gasteiger partial charge in [0.15, 0.2) is 5.11 Å². The molecule has 106 valence electrons. The minimum absolute atomic E-state index is 0.632. The van der Waals surface area contributed by atoms with Gasteiger partial charge >= 0.3 is 0 Å². The zero-order valence-corrected chi connectivity index (χ0v) is 13.4. The van der Waals surface area contributed by atoms with Crippen molar-refractivity contribution >= 4 is 34.6 Å². The van der Waals surface area contributed by atoms with Crippen LogP contribution in [0.5, 0.6) is 0 Å². The molecule has 0 aliphatic rings. The van der Waals surface area contributed by atoms with Crippen LogP contribution in [0.25, 0.3) is 0 Å². The number of nitrogens with one attached hydrogen (secondary N) is 2. The summed E-state index contributed by atoms with van der Waals surface area (Å²) in [6.45, 7) is 10.3. The van der Waals surface area contributed by atoms with E-state index in [1.807, 2.05) is 25.1 Å². The van der Waals surface area contributed by atoms with E-state index < -0.39 is 0 Å². The Kier molecular flexibility index (Phi) is 7.13. The van der Waals surface area contributed by atoms with Crippen molar-refractivity contribution in [2.75, 3.05) is 31.5 Å². The Labute approximate surface area is 126 Å². The highest BCUT2D eigenvalue weighted by atomic mass is 35.5. The van der Waals surface area contributed by atoms with Crippen LogP contribution in [0, 0.1) is 6.92 Å². The minimum Gasteiger partial charge on any atom is -0.361 e. The maximum atomic E-state index is 6.07. The average Bonchev–Trinajstić information content (AvgIpc) is 2.39. The number of anilines is 1. The number of benzene rings is 1. The summed E-state index contributed by atoms with van der Waals surface area (Å²) in [5.74, 6) is 0. The Morgan fingerprint density at radius 1 is 1.32 bits per heavy atom. The maximum absolute atomic E-state index is 6.07. The van der Waals surface area contributed by atoms with Crippen molar-refractivity contribution in [3.63, 3.8) is 0 Å². The topological polar surface area (TPSA) is 27.3 Å². The zero-order valence-electron chi connectivity index (χ0n) is 11.8. The fraction of sp³-hybridized carbons (Fsp3) is 0.500. The Bertz CT molecular complexity index is 419. The third-order valence-corrected chi connectivity index (χ3v) is 3.69. The molecule has 0 atom stereocenters. The molecule has 1 aromatic rings. The molecule has 0 aliphatic heterocycles. The molecule has 5 heteroatoms. The first-order valence-electron chi connectivity index (χ1n) is 6.60. The van der Waals surface area contributed by atoms with Gasteiger partial charge in [-0.3, -0.25) is 0 Å². The van der Waals surface area contributed by atoms with Crippen molar-refractivity contribution in [3.05, 3.63) is 28.8 Å². The normalized spacial score (nSPS) is 10.6. The molecule has 0 bridgehead atoms. The average molecular weight is 300 g/mol. The number of hydrogen-bond donors (Lipinski definition) is 2. The highest BCUT2D eigenvalue weighted by Crippen LogP contribution is 2.19. The minimum atomic E-state index is 0.632. The van der Waals surface area contributed by atoms with Gasteiger partial charge in [-0.2, -0.15) is 0 Å². The number of nitrogens with zero attached hydrogens (tertiary/aromatic N) is 1. The van der Waals surface area contributed by atoms with Crippen LogP contribution >= 0.6 is 23.8 Å². The zero-order chi connectivity index (χ0) is 14.3. The van der Waals surface area contributed by atoms with Crippen LogP contribution in [-0.2, 0) is 0 Å². The van der Waals surface area contributed by atoms with E-state index in [1.54, 1.807) is 0 Å². The Morgan fingerprint density at radius 2 is 2.00 bits per heavy atom. The van der Waals surface area contributed by atoms with E-state index in [-0.39, 0.29) is 0 Å². The lowest BCUT2D eigenvalue weighted by Gasteiger charge is -2.19. The molecule has 0 radical (unpaired) electrons. The molecule has 0 saturated heterocycles. The summed E-state index contributed by atoms with van der Waals surface area (Å²) >= 11 is 11.3. The fourth-order valence-electron chi connectivity index (χ4n) is 1.71. The first-order chi connectivity index (χ1) is 9.06. The quantitative estimate of drug-likeness (QED) is 0.788. The monoisotopic (exact) mass is 299 g/mol. The summed E-state index contributed by atoms with van der Waals surface area (Å²) in [6.07, 6.45) is 0. The molecule has 0 aromatic heterocycles. The van der Waals surface area contributed by atoms with Gasteiger partial charge < -0.3 is 15.5 Å². The highest BCUT2D eigenvalue weighted by Gasteiger charge is 2.02. The number of hydrogen-bond acceptors (Lipinski definition) is 2. The van der Waals surface area contributed by atoms with Crippen LogP contribution in [0.15, 0.2) is 18.2 Å². The van der Waals surface area contributed by atoms with Crippen molar-refractivity contribution in [2.24, 2.45) is 0 Å². The SMILES string of the molecule is CCN(CC)CCNC(=S)Nc1ccc(C)c(Cl)c1. The van der Waals surface area contributed by atoms with E-state index in [1.165, 1.54) is 0 Å². The van der Waals surface area contributed by atoms with E-state index in [0.717, 1.165) is 42.5 Å². The van der Waals surface area contributed by atoms with Gasteiger partial charge in [-0.15, -0.1) is 0 Å². The van der Waals surface area contributed by atoms with E-state index in [9.17, 15) is 0 Å². The van der Waals surface area contributed by atoms with E-state index in [4.69, 9.17) is 23.8 Å². The van der Waals surface area contributed by atoms with E-state index in [0.29, 0.717) is 5.11 Å². The van der Waals surface area contributed by atoms with Crippen molar-refractivity contribution in [1.29, 1.82) is 0 Å². The van der Waals surface area contributed by atoms with Gasteiger partial charge in [-0.05, 0) is 49.9 Å². The van der Waals surface area contributed by atoms with Crippen molar-refractivity contribution < 1.29 is 0 Å². The molecule has 0 spiro atoms. The first-order valence-corrected chi connectivity index (χ1v) is 7.38. The molecule has 1 aromatic carbocycles. The van der Waals surface area contributed by atoms with Gasteiger partial charge in [0, 0.05) is 23.8 Å². The largest absolute Gasteiger partial charge is 0.361 e. The summed E-state index contributed by atoms with van der Waals surface area (Å²) in [4.78, 5) is 2.35. The molecule has 0 heterocycles. The van der Waals surface area contributed by atoms with Crippen molar-refractivity contribution in [3.8, 4) is 0 Å². The lowest BCUT2D eigenvalue weighted by molar-refractivity contribution is 0.308. The molecule has 0 amide bonds. The standard InChI is InChI=1S/C14H22ClN3S/c1-4-18(5-2)9-8-16-14(19)17-12-7-6-11(3)13(15)10-12/h6-7,10H,4-5,8-9H2,1-3H3,(H2,16,17,19). The second-order valence-electron chi connectivity index (χ2n) is 4.37. The number of rotatable bonds is 6. The predicted molar refractivity (Wildman–Crippen MR) is 88.2 cm³/mol. The molecule has 1 rings (SSSR count). The summed E-state index contributed by atoms with van der Waals surface area (Å²) in [5.41, 5.74) is 1.98. The highest BCUT2D eigenvalue weighted by molar-refractivity contribution is 7.80. The lowest BCUT2D eigenvalue weighted by atomic mass is 10.2. The van der Waals surface area contributed by atoms with Crippen molar-refractivity contribution in [1.82, 2.24) is 10.2 Å². The number of likely N-dealkylation sites (N-methyl/N-ethyl adjacent to an activating group) is 1. The van der Waals surface area contributed by atoms with Crippen LogP contribution in [0.4, 0.5) is 5.69 Å². The number of thiocarbonyl (C=S) groups is 1. The van der Waals surface area contributed by atoms with Gasteiger partial charge in [0.25, 0.3) is 0 Å². The number of halogens is 1. The molecule has 2 N–H and O–H groups in total. The van der Waals surface area contributed by atoms with Gasteiger partial charge in [0.05, 0.1) is 0 Å². The Balaban J connectivity index is 2.36. The molecule has 0 unspecified atom stereocenters. The van der Waals surface area contributed by atoms with Gasteiger partial charge in [0.1, 0.15) is 0 Å². The van der Waals surface area contributed by atoms with Gasteiger partial charge in [-0.1, -0.05) is 31.5 Å². The van der Waals surface area contributed by atoms with Crippen LogP contribution in [0.1, 0.15) is 19.4 Å². The molecule has 3 nitrogen and oxygen atoms in total. The second-order valence-corrected chi connectivity index (χ2v) is 5.19. The van der Waals surface area contributed by atoms with E-state index in [2.05, 4.69) is 29.4 Å². The van der Waals surface area contributed by atoms with Crippen LogP contribution < -0.4 is 10.6 Å². The Morgan fingerprint density at radius 3 is 2.58 bits per heavy atom. The number of aryl methyl sites for hydroxylation is 1.